The third kappa shape index (κ3) is 4.91. The molecule has 2 atom stereocenters. The average molecular weight is 468 g/mol. The smallest absolute Gasteiger partial charge is 0.162 e. The monoisotopic (exact) mass is 467 g/mol. The molecule has 0 aliphatic carbocycles. The van der Waals surface area contributed by atoms with Gasteiger partial charge in [0.25, 0.3) is 0 Å². The van der Waals surface area contributed by atoms with Gasteiger partial charge in [0.15, 0.2) is 11.5 Å². The summed E-state index contributed by atoms with van der Waals surface area (Å²) in [6.07, 6.45) is 2.62. The fourth-order valence-electron chi connectivity index (χ4n) is 4.61. The Morgan fingerprint density at radius 1 is 1.21 bits per heavy atom. The van der Waals surface area contributed by atoms with Crippen molar-refractivity contribution < 1.29 is 18.6 Å². The van der Waals surface area contributed by atoms with Gasteiger partial charge in [-0.1, -0.05) is 6.07 Å². The molecule has 34 heavy (non-hydrogen) atoms. The molecule has 3 heterocycles. The van der Waals surface area contributed by atoms with Crippen molar-refractivity contribution in [1.82, 2.24) is 20.2 Å². The number of rotatable bonds is 8. The summed E-state index contributed by atoms with van der Waals surface area (Å²) in [6.45, 7) is 7.02. The van der Waals surface area contributed by atoms with E-state index in [1.54, 1.807) is 13.2 Å². The zero-order valence-electron chi connectivity index (χ0n) is 19.5. The van der Waals surface area contributed by atoms with Crippen LogP contribution >= 0.6 is 0 Å². The number of morpholine rings is 1. The van der Waals surface area contributed by atoms with Gasteiger partial charge in [-0.25, -0.2) is 14.4 Å². The summed E-state index contributed by atoms with van der Waals surface area (Å²) in [7, 11) is 1.61. The van der Waals surface area contributed by atoms with Crippen molar-refractivity contribution >= 4 is 22.4 Å². The first kappa shape index (κ1) is 22.8. The number of methoxy groups -OCH3 is 1. The van der Waals surface area contributed by atoms with Crippen LogP contribution in [0.15, 0.2) is 36.7 Å². The van der Waals surface area contributed by atoms with Crippen molar-refractivity contribution in [3.8, 4) is 11.5 Å². The number of nitrogens with zero attached hydrogens (tertiary/aromatic N) is 3. The number of anilines is 2. The molecule has 2 N–H and O–H groups in total. The van der Waals surface area contributed by atoms with Gasteiger partial charge >= 0.3 is 0 Å². The maximum atomic E-state index is 14.4. The standard InChI is InChI=1S/C25H30FN5O3/c1-16-4-5-19(18(26)10-16)30-25-17-11-23(22(32-2)12-20(17)28-15-29-25)33-8-3-7-31-13-21-24(14-31)34-9-6-27-21/h4-5,10-12,15,21,24,27H,3,6-9,13-14H2,1-2H3,(H,28,29,30). The number of ether oxygens (including phenoxy) is 3. The quantitative estimate of drug-likeness (QED) is 0.489. The van der Waals surface area contributed by atoms with E-state index in [1.165, 1.54) is 12.4 Å². The van der Waals surface area contributed by atoms with Crippen LogP contribution in [0.25, 0.3) is 10.9 Å². The molecule has 5 rings (SSSR count). The van der Waals surface area contributed by atoms with Crippen LogP contribution in [0.1, 0.15) is 12.0 Å². The molecule has 180 valence electrons. The second-order valence-corrected chi connectivity index (χ2v) is 8.78. The summed E-state index contributed by atoms with van der Waals surface area (Å²) >= 11 is 0. The number of halogens is 1. The number of hydrogen-bond acceptors (Lipinski definition) is 8. The molecular formula is C25H30FN5O3. The second-order valence-electron chi connectivity index (χ2n) is 8.78. The van der Waals surface area contributed by atoms with Gasteiger partial charge in [-0.2, -0.15) is 0 Å². The van der Waals surface area contributed by atoms with Crippen molar-refractivity contribution in [1.29, 1.82) is 0 Å². The second kappa shape index (κ2) is 10.1. The van der Waals surface area contributed by atoms with Crippen LogP contribution in [0, 0.1) is 12.7 Å². The van der Waals surface area contributed by atoms with Crippen molar-refractivity contribution in [2.75, 3.05) is 51.8 Å². The molecular weight excluding hydrogens is 437 g/mol. The number of fused-ring (bicyclic) bond motifs is 2. The van der Waals surface area contributed by atoms with E-state index in [0.717, 1.165) is 50.2 Å². The van der Waals surface area contributed by atoms with Crippen LogP contribution in [0.4, 0.5) is 15.9 Å². The molecule has 0 radical (unpaired) electrons. The minimum atomic E-state index is -0.334. The lowest BCUT2D eigenvalue weighted by Gasteiger charge is -2.25. The zero-order valence-corrected chi connectivity index (χ0v) is 19.5. The Hall–Kier alpha value is -3.01. The van der Waals surface area contributed by atoms with Crippen molar-refractivity contribution in [2.45, 2.75) is 25.5 Å². The van der Waals surface area contributed by atoms with E-state index >= 15 is 0 Å². The van der Waals surface area contributed by atoms with Crippen LogP contribution in [0.5, 0.6) is 11.5 Å². The molecule has 2 aliphatic rings. The van der Waals surface area contributed by atoms with Gasteiger partial charge in [-0.3, -0.25) is 4.90 Å². The van der Waals surface area contributed by atoms with E-state index in [4.69, 9.17) is 14.2 Å². The highest BCUT2D eigenvalue weighted by Gasteiger charge is 2.34. The summed E-state index contributed by atoms with van der Waals surface area (Å²) in [4.78, 5) is 11.1. The van der Waals surface area contributed by atoms with E-state index in [1.807, 2.05) is 25.1 Å². The third-order valence-corrected chi connectivity index (χ3v) is 6.36. The van der Waals surface area contributed by atoms with E-state index < -0.39 is 0 Å². The lowest BCUT2D eigenvalue weighted by atomic mass is 10.2. The van der Waals surface area contributed by atoms with Gasteiger partial charge in [0.1, 0.15) is 18.0 Å². The summed E-state index contributed by atoms with van der Waals surface area (Å²) in [5.74, 6) is 1.38. The first-order chi connectivity index (χ1) is 16.6. The minimum Gasteiger partial charge on any atom is -0.493 e. The topological polar surface area (TPSA) is 80.8 Å². The highest BCUT2D eigenvalue weighted by atomic mass is 19.1. The van der Waals surface area contributed by atoms with Gasteiger partial charge in [-0.05, 0) is 37.1 Å². The molecule has 0 bridgehead atoms. The summed E-state index contributed by atoms with van der Waals surface area (Å²) < 4.78 is 31.9. The normalized spacial score (nSPS) is 20.3. The average Bonchev–Trinajstić information content (AvgIpc) is 3.26. The highest BCUT2D eigenvalue weighted by molar-refractivity contribution is 5.93. The van der Waals surface area contributed by atoms with Crippen molar-refractivity contribution in [3.05, 3.63) is 48.0 Å². The predicted molar refractivity (Wildman–Crippen MR) is 129 cm³/mol. The zero-order chi connectivity index (χ0) is 23.5. The largest absolute Gasteiger partial charge is 0.493 e. The first-order valence-electron chi connectivity index (χ1n) is 11.7. The van der Waals surface area contributed by atoms with Crippen molar-refractivity contribution in [2.24, 2.45) is 0 Å². The van der Waals surface area contributed by atoms with Gasteiger partial charge in [-0.15, -0.1) is 0 Å². The summed E-state index contributed by atoms with van der Waals surface area (Å²) in [5, 5.41) is 7.35. The number of hydrogen-bond donors (Lipinski definition) is 2. The minimum absolute atomic E-state index is 0.291. The maximum absolute atomic E-state index is 14.4. The number of aromatic nitrogens is 2. The lowest BCUT2D eigenvalue weighted by molar-refractivity contribution is 0.0176. The summed E-state index contributed by atoms with van der Waals surface area (Å²) in [5.41, 5.74) is 1.89. The van der Waals surface area contributed by atoms with E-state index in [9.17, 15) is 4.39 Å². The number of nitrogens with one attached hydrogen (secondary N) is 2. The van der Waals surface area contributed by atoms with E-state index in [0.29, 0.717) is 47.3 Å². The van der Waals surface area contributed by atoms with Gasteiger partial charge in [0.05, 0.1) is 37.6 Å². The molecule has 9 heteroatoms. The van der Waals surface area contributed by atoms with Gasteiger partial charge in [0.2, 0.25) is 0 Å². The molecule has 2 aliphatic heterocycles. The molecule has 2 unspecified atom stereocenters. The molecule has 3 aromatic rings. The van der Waals surface area contributed by atoms with E-state index in [2.05, 4.69) is 25.5 Å². The summed E-state index contributed by atoms with van der Waals surface area (Å²) in [6, 6.07) is 9.14. The molecule has 0 saturated carbocycles. The number of likely N-dealkylation sites (tertiary alicyclic amines) is 1. The number of benzene rings is 2. The van der Waals surface area contributed by atoms with Crippen LogP contribution in [0.2, 0.25) is 0 Å². The molecule has 0 amide bonds. The fraction of sp³-hybridized carbons (Fsp3) is 0.440. The molecule has 2 fully saturated rings. The highest BCUT2D eigenvalue weighted by Crippen LogP contribution is 2.35. The predicted octanol–water partition coefficient (Wildman–Crippen LogP) is 3.27. The van der Waals surface area contributed by atoms with Crippen LogP contribution in [-0.4, -0.2) is 73.5 Å². The van der Waals surface area contributed by atoms with Gasteiger partial charge in [0, 0.05) is 43.7 Å². The molecule has 0 spiro atoms. The van der Waals surface area contributed by atoms with Crippen molar-refractivity contribution in [3.63, 3.8) is 0 Å². The SMILES string of the molecule is COc1cc2ncnc(Nc3ccc(C)cc3F)c2cc1OCCCN1CC2NCCOC2C1. The Morgan fingerprint density at radius 3 is 2.94 bits per heavy atom. The molecule has 8 nitrogen and oxygen atoms in total. The molecule has 2 saturated heterocycles. The lowest BCUT2D eigenvalue weighted by Crippen LogP contribution is -2.47. The third-order valence-electron chi connectivity index (χ3n) is 6.36. The fourth-order valence-corrected chi connectivity index (χ4v) is 4.61. The maximum Gasteiger partial charge on any atom is 0.162 e. The Kier molecular flexibility index (Phi) is 6.75. The Morgan fingerprint density at radius 2 is 2.12 bits per heavy atom. The van der Waals surface area contributed by atoms with E-state index in [-0.39, 0.29) is 5.82 Å². The Labute approximate surface area is 198 Å². The Bertz CT molecular complexity index is 1150. The molecule has 1 aromatic heterocycles. The van der Waals surface area contributed by atoms with Crippen LogP contribution < -0.4 is 20.1 Å². The first-order valence-corrected chi connectivity index (χ1v) is 11.7. The van der Waals surface area contributed by atoms with Gasteiger partial charge < -0.3 is 24.8 Å². The Balaban J connectivity index is 1.27. The van der Waals surface area contributed by atoms with Crippen LogP contribution in [-0.2, 0) is 4.74 Å². The number of aryl methyl sites for hydroxylation is 1. The molecule has 2 aromatic carbocycles. The van der Waals surface area contributed by atoms with Crippen LogP contribution in [0.3, 0.4) is 0 Å².